The third kappa shape index (κ3) is 7.07. The molecule has 3 heterocycles. The number of anilines is 2. The van der Waals surface area contributed by atoms with Gasteiger partial charge in [0.2, 0.25) is 11.8 Å². The van der Waals surface area contributed by atoms with Gasteiger partial charge in [-0.15, -0.1) is 6.58 Å². The van der Waals surface area contributed by atoms with Crippen molar-refractivity contribution in [2.75, 3.05) is 50.1 Å². The molecule has 0 radical (unpaired) electrons. The zero-order valence-corrected chi connectivity index (χ0v) is 31.8. The lowest BCUT2D eigenvalue weighted by Gasteiger charge is -2.37. The van der Waals surface area contributed by atoms with E-state index >= 15 is 0 Å². The Morgan fingerprint density at radius 3 is 2.56 bits per heavy atom. The highest BCUT2D eigenvalue weighted by Crippen LogP contribution is 2.60. The maximum absolute atomic E-state index is 14.9. The number of aliphatic hydroxyl groups is 1. The lowest BCUT2D eigenvalue weighted by Crippen LogP contribution is -2.52. The number of piperidine rings is 1. The molecule has 2 fully saturated rings. The van der Waals surface area contributed by atoms with Crippen LogP contribution in [0, 0.1) is 11.8 Å². The van der Waals surface area contributed by atoms with Gasteiger partial charge in [0.15, 0.2) is 5.60 Å². The molecule has 3 aliphatic rings. The van der Waals surface area contributed by atoms with Crippen molar-refractivity contribution in [2.24, 2.45) is 11.8 Å². The molecule has 52 heavy (non-hydrogen) atoms. The van der Waals surface area contributed by atoms with Crippen LogP contribution >= 0.6 is 0 Å². The van der Waals surface area contributed by atoms with Gasteiger partial charge in [-0.2, -0.15) is 0 Å². The molecule has 6 rings (SSSR count). The Morgan fingerprint density at radius 1 is 1.15 bits per heavy atom. The molecule has 3 amide bonds. The monoisotopic (exact) mass is 724 g/mol. The van der Waals surface area contributed by atoms with Crippen molar-refractivity contribution in [2.45, 2.75) is 63.1 Å². The van der Waals surface area contributed by atoms with Gasteiger partial charge in [0.1, 0.15) is 5.75 Å². The van der Waals surface area contributed by atoms with E-state index < -0.39 is 19.8 Å². The molecule has 3 aromatic carbocycles. The van der Waals surface area contributed by atoms with E-state index in [4.69, 9.17) is 9.47 Å². The second-order valence-corrected chi connectivity index (χ2v) is 19.5. The zero-order valence-electron chi connectivity index (χ0n) is 30.8. The molecule has 1 unspecified atom stereocenters. The minimum atomic E-state index is -2.52. The number of aliphatic hydroxyl groups excluding tert-OH is 1. The molecule has 0 aliphatic carbocycles. The van der Waals surface area contributed by atoms with Crippen LogP contribution in [0.1, 0.15) is 37.3 Å². The van der Waals surface area contributed by atoms with Crippen LogP contribution in [0.4, 0.5) is 11.4 Å². The molecule has 3 aliphatic heterocycles. The summed E-state index contributed by atoms with van der Waals surface area (Å²) in [5.41, 5.74) is 1.43. The van der Waals surface area contributed by atoms with Crippen molar-refractivity contribution in [3.8, 4) is 5.75 Å². The molecule has 0 saturated carbocycles. The quantitative estimate of drug-likeness (QED) is 0.171. The van der Waals surface area contributed by atoms with Gasteiger partial charge in [-0.3, -0.25) is 14.4 Å². The molecule has 276 valence electrons. The average molecular weight is 725 g/mol. The van der Waals surface area contributed by atoms with Crippen LogP contribution in [-0.2, 0) is 31.3 Å². The van der Waals surface area contributed by atoms with E-state index in [2.05, 4.69) is 49.4 Å². The number of carbonyl (C=O) groups excluding carboxylic acids is 3. The van der Waals surface area contributed by atoms with E-state index in [9.17, 15) is 19.5 Å². The Morgan fingerprint density at radius 2 is 1.90 bits per heavy atom. The lowest BCUT2D eigenvalue weighted by molar-refractivity contribution is -0.149. The smallest absolute Gasteiger partial charge is 0.264 e. The minimum absolute atomic E-state index is 0.0470. The van der Waals surface area contributed by atoms with Crippen LogP contribution in [0.2, 0.25) is 18.6 Å². The Labute approximate surface area is 308 Å². The zero-order chi connectivity index (χ0) is 37.0. The van der Waals surface area contributed by atoms with E-state index in [-0.39, 0.29) is 61.2 Å². The van der Waals surface area contributed by atoms with Gasteiger partial charge < -0.3 is 35.0 Å². The lowest BCUT2D eigenvalue weighted by atomic mass is 9.82. The number of hydrogen-bond donors (Lipinski definition) is 3. The number of rotatable bonds is 13. The number of fused-ring (bicyclic) bond motifs is 2. The highest BCUT2D eigenvalue weighted by atomic mass is 28.3. The van der Waals surface area contributed by atoms with E-state index in [1.165, 1.54) is 0 Å². The number of benzene rings is 3. The van der Waals surface area contributed by atoms with E-state index in [1.54, 1.807) is 23.0 Å². The molecule has 0 bridgehead atoms. The number of nitrogens with one attached hydrogen (secondary N) is 2. The molecule has 0 aromatic heterocycles. The largest absolute Gasteiger partial charge is 0.497 e. The first-order valence-electron chi connectivity index (χ1n) is 18.4. The number of hydrogen-bond acceptors (Lipinski definition) is 7. The molecule has 1 spiro atoms. The molecule has 2 saturated heterocycles. The summed E-state index contributed by atoms with van der Waals surface area (Å²) in [6.07, 6.45) is 2.91. The highest BCUT2D eigenvalue weighted by Gasteiger charge is 2.66. The number of amides is 3. The van der Waals surface area contributed by atoms with Gasteiger partial charge in [0, 0.05) is 43.3 Å². The third-order valence-corrected chi connectivity index (χ3v) is 15.8. The Bertz CT molecular complexity index is 1760. The van der Waals surface area contributed by atoms with Gasteiger partial charge in [-0.25, -0.2) is 0 Å². The van der Waals surface area contributed by atoms with Crippen LogP contribution in [0.15, 0.2) is 85.5 Å². The molecular formula is C41H52N4O6Si. The molecule has 3 aromatic rings. The standard InChI is InChI=1S/C41H52N4O6Si/c1-6-21-45-35-19-14-31(43-39(48)30-13-10-20-42-26-30)24-34(35)41(40(45)49)28(2)38(52(4,5)33-17-15-32(50-3)16-18-33)36(51-41)25-37(47)44(22-23-46)27-29-11-8-7-9-12-29/h6-9,11-12,14-19,24,28,30,36,38,42,46H,1,10,13,20-23,25-27H2,2-5H3,(H,43,48)/t28-,30?,36+,38-,41+/m1/s1. The van der Waals surface area contributed by atoms with Crippen molar-refractivity contribution in [3.05, 3.63) is 96.6 Å². The van der Waals surface area contributed by atoms with E-state index in [0.29, 0.717) is 24.3 Å². The summed E-state index contributed by atoms with van der Waals surface area (Å²) in [5, 5.41) is 17.6. The normalized spacial score (nSPS) is 24.1. The van der Waals surface area contributed by atoms with Crippen molar-refractivity contribution in [3.63, 3.8) is 0 Å². The summed E-state index contributed by atoms with van der Waals surface area (Å²) in [7, 11) is -0.875. The second-order valence-electron chi connectivity index (χ2n) is 14.9. The van der Waals surface area contributed by atoms with E-state index in [1.807, 2.05) is 60.7 Å². The fourth-order valence-electron chi connectivity index (χ4n) is 8.74. The first-order valence-corrected chi connectivity index (χ1v) is 21.5. The van der Waals surface area contributed by atoms with Crippen molar-refractivity contribution in [1.82, 2.24) is 10.2 Å². The van der Waals surface area contributed by atoms with Crippen LogP contribution in [-0.4, -0.2) is 81.8 Å². The summed E-state index contributed by atoms with van der Waals surface area (Å²) in [4.78, 5) is 45.9. The second kappa shape index (κ2) is 15.8. The van der Waals surface area contributed by atoms with Gasteiger partial charge in [0.05, 0.1) is 45.9 Å². The Kier molecular flexibility index (Phi) is 11.3. The molecule has 10 nitrogen and oxygen atoms in total. The Balaban J connectivity index is 1.41. The van der Waals surface area contributed by atoms with Gasteiger partial charge >= 0.3 is 0 Å². The topological polar surface area (TPSA) is 120 Å². The molecule has 3 N–H and O–H groups in total. The number of ether oxygens (including phenoxy) is 2. The van der Waals surface area contributed by atoms with Crippen molar-refractivity contribution < 1.29 is 29.0 Å². The molecule has 5 atom stereocenters. The summed E-state index contributed by atoms with van der Waals surface area (Å²) >= 11 is 0. The summed E-state index contributed by atoms with van der Waals surface area (Å²) < 4.78 is 12.7. The fraction of sp³-hybridized carbons (Fsp3) is 0.439. The average Bonchev–Trinajstić information content (AvgIpc) is 3.58. The van der Waals surface area contributed by atoms with Crippen LogP contribution < -0.4 is 25.5 Å². The summed E-state index contributed by atoms with van der Waals surface area (Å²) in [6.45, 7) is 12.8. The fourth-order valence-corrected chi connectivity index (χ4v) is 12.8. The predicted octanol–water partition coefficient (Wildman–Crippen LogP) is 4.79. The summed E-state index contributed by atoms with van der Waals surface area (Å²) in [5.74, 6) is -0.0927. The first-order chi connectivity index (χ1) is 25.0. The SMILES string of the molecule is C=CCN1C(=O)[C@@]2(O[C@@H](CC(=O)N(CCO)Cc3ccccc3)[C@H]([Si](C)(C)c3ccc(OC)cc3)[C@H]2C)c2cc(NC(=O)C3CCCNC3)ccc21. The van der Waals surface area contributed by atoms with Gasteiger partial charge in [-0.05, 0) is 60.8 Å². The molecular weight excluding hydrogens is 673 g/mol. The third-order valence-electron chi connectivity index (χ3n) is 11.4. The molecule has 11 heteroatoms. The van der Waals surface area contributed by atoms with Gasteiger partial charge in [0.25, 0.3) is 5.91 Å². The van der Waals surface area contributed by atoms with Gasteiger partial charge in [-0.1, -0.05) is 73.7 Å². The highest BCUT2D eigenvalue weighted by molar-refractivity contribution is 6.91. The van der Waals surface area contributed by atoms with Crippen LogP contribution in [0.3, 0.4) is 0 Å². The van der Waals surface area contributed by atoms with Crippen molar-refractivity contribution in [1.29, 1.82) is 0 Å². The maximum atomic E-state index is 14.9. The Hall–Kier alpha value is -4.29. The van der Waals surface area contributed by atoms with Crippen LogP contribution in [0.5, 0.6) is 5.75 Å². The van der Waals surface area contributed by atoms with Crippen LogP contribution in [0.25, 0.3) is 0 Å². The summed E-state index contributed by atoms with van der Waals surface area (Å²) in [6, 6.07) is 23.5. The van der Waals surface area contributed by atoms with E-state index in [0.717, 1.165) is 41.6 Å². The number of methoxy groups -OCH3 is 1. The predicted molar refractivity (Wildman–Crippen MR) is 206 cm³/mol. The maximum Gasteiger partial charge on any atom is 0.264 e. The number of carbonyl (C=O) groups is 3. The first kappa shape index (κ1) is 37.5. The minimum Gasteiger partial charge on any atom is -0.497 e. The number of nitrogens with zero attached hydrogens (tertiary/aromatic N) is 2. The van der Waals surface area contributed by atoms with Crippen molar-refractivity contribution >= 4 is 42.4 Å².